The summed E-state index contributed by atoms with van der Waals surface area (Å²) in [5.41, 5.74) is 1.01. The largest absolute Gasteiger partial charge is 0.207 e. The highest BCUT2D eigenvalue weighted by Crippen LogP contribution is 2.33. The molecule has 72 valence electrons. The first-order valence-corrected chi connectivity index (χ1v) is 5.15. The van der Waals surface area contributed by atoms with Crippen LogP contribution in [-0.4, -0.2) is 4.75 Å². The van der Waals surface area contributed by atoms with Gasteiger partial charge in [-0.2, -0.15) is 0 Å². The number of hydrogen-bond acceptors (Lipinski definition) is 1. The molecular formula is C11H15FS. The van der Waals surface area contributed by atoms with E-state index in [-0.39, 0.29) is 10.6 Å². The summed E-state index contributed by atoms with van der Waals surface area (Å²) >= 11 is 1.77. The van der Waals surface area contributed by atoms with Gasteiger partial charge in [-0.25, -0.2) is 4.39 Å². The van der Waals surface area contributed by atoms with E-state index in [1.165, 1.54) is 6.07 Å². The van der Waals surface area contributed by atoms with Crippen molar-refractivity contribution >= 4 is 11.8 Å². The lowest BCUT2D eigenvalue weighted by atomic mass is 10.2. The van der Waals surface area contributed by atoms with Crippen molar-refractivity contribution < 1.29 is 4.39 Å². The Kier molecular flexibility index (Phi) is 3.01. The minimum atomic E-state index is -0.157. The van der Waals surface area contributed by atoms with Gasteiger partial charge in [0, 0.05) is 9.64 Å². The van der Waals surface area contributed by atoms with Crippen LogP contribution in [0.1, 0.15) is 26.3 Å². The molecule has 1 aromatic carbocycles. The van der Waals surface area contributed by atoms with Crippen LogP contribution in [0.4, 0.5) is 4.39 Å². The molecule has 0 unspecified atom stereocenters. The topological polar surface area (TPSA) is 0 Å². The second kappa shape index (κ2) is 3.70. The van der Waals surface area contributed by atoms with Crippen LogP contribution in [0.5, 0.6) is 0 Å². The van der Waals surface area contributed by atoms with Crippen LogP contribution >= 0.6 is 11.8 Å². The molecule has 0 saturated carbocycles. The van der Waals surface area contributed by atoms with Gasteiger partial charge in [0.2, 0.25) is 0 Å². The van der Waals surface area contributed by atoms with Crippen molar-refractivity contribution in [1.82, 2.24) is 0 Å². The van der Waals surface area contributed by atoms with Gasteiger partial charge in [0.25, 0.3) is 0 Å². The van der Waals surface area contributed by atoms with Crippen molar-refractivity contribution in [2.45, 2.75) is 37.3 Å². The van der Waals surface area contributed by atoms with Crippen LogP contribution in [0.25, 0.3) is 0 Å². The van der Waals surface area contributed by atoms with Gasteiger partial charge in [-0.05, 0) is 30.7 Å². The molecule has 0 atom stereocenters. The van der Waals surface area contributed by atoms with Gasteiger partial charge in [0.1, 0.15) is 5.82 Å². The molecule has 0 nitrogen and oxygen atoms in total. The van der Waals surface area contributed by atoms with E-state index in [1.807, 2.05) is 13.0 Å². The third kappa shape index (κ3) is 3.39. The van der Waals surface area contributed by atoms with Gasteiger partial charge in [-0.15, -0.1) is 11.8 Å². The van der Waals surface area contributed by atoms with Crippen molar-refractivity contribution in [2.75, 3.05) is 0 Å². The second-order valence-corrected chi connectivity index (χ2v) is 5.99. The van der Waals surface area contributed by atoms with E-state index in [9.17, 15) is 4.39 Å². The normalized spacial score (nSPS) is 11.8. The highest BCUT2D eigenvalue weighted by Gasteiger charge is 2.13. The van der Waals surface area contributed by atoms with Gasteiger partial charge < -0.3 is 0 Å². The molecular weight excluding hydrogens is 183 g/mol. The Labute approximate surface area is 83.5 Å². The first kappa shape index (κ1) is 10.6. The van der Waals surface area contributed by atoms with Gasteiger partial charge in [-0.3, -0.25) is 0 Å². The Bertz CT molecular complexity index is 299. The third-order valence-corrected chi connectivity index (χ3v) is 2.84. The maximum atomic E-state index is 12.8. The lowest BCUT2D eigenvalue weighted by molar-refractivity contribution is 0.625. The first-order chi connectivity index (χ1) is 5.88. The van der Waals surface area contributed by atoms with E-state index < -0.39 is 0 Å². The Balaban J connectivity index is 2.90. The van der Waals surface area contributed by atoms with E-state index in [0.717, 1.165) is 10.5 Å². The molecule has 0 aromatic heterocycles. The van der Waals surface area contributed by atoms with E-state index in [1.54, 1.807) is 17.8 Å². The number of rotatable bonds is 1. The second-order valence-electron chi connectivity index (χ2n) is 4.12. The van der Waals surface area contributed by atoms with Crippen molar-refractivity contribution in [3.63, 3.8) is 0 Å². The molecule has 1 aromatic rings. The first-order valence-electron chi connectivity index (χ1n) is 4.34. The van der Waals surface area contributed by atoms with Crippen LogP contribution in [0, 0.1) is 12.7 Å². The van der Waals surface area contributed by atoms with E-state index in [2.05, 4.69) is 20.8 Å². The summed E-state index contributed by atoms with van der Waals surface area (Å²) in [7, 11) is 0. The molecule has 0 amide bonds. The number of thioether (sulfide) groups is 1. The molecule has 0 heterocycles. The zero-order chi connectivity index (χ0) is 10.1. The van der Waals surface area contributed by atoms with Crippen LogP contribution in [0.3, 0.4) is 0 Å². The van der Waals surface area contributed by atoms with Crippen molar-refractivity contribution in [3.05, 3.63) is 29.6 Å². The number of aryl methyl sites for hydroxylation is 1. The maximum Gasteiger partial charge on any atom is 0.123 e. The van der Waals surface area contributed by atoms with Crippen LogP contribution in [-0.2, 0) is 0 Å². The molecule has 2 heteroatoms. The Morgan fingerprint density at radius 3 is 2.31 bits per heavy atom. The van der Waals surface area contributed by atoms with Crippen molar-refractivity contribution in [1.29, 1.82) is 0 Å². The molecule has 1 rings (SSSR count). The molecule has 0 aliphatic heterocycles. The summed E-state index contributed by atoms with van der Waals surface area (Å²) in [4.78, 5) is 1.16. The molecule has 0 aliphatic rings. The molecule has 0 saturated heterocycles. The summed E-state index contributed by atoms with van der Waals surface area (Å²) in [6.45, 7) is 8.40. The predicted octanol–water partition coefficient (Wildman–Crippen LogP) is 4.02. The molecule has 0 spiro atoms. The van der Waals surface area contributed by atoms with Gasteiger partial charge in [0.05, 0.1) is 0 Å². The van der Waals surface area contributed by atoms with E-state index in [0.29, 0.717) is 0 Å². The summed E-state index contributed by atoms with van der Waals surface area (Å²) in [5, 5.41) is 0. The quantitative estimate of drug-likeness (QED) is 0.614. The fourth-order valence-electron chi connectivity index (χ4n) is 1.06. The standard InChI is InChI=1S/C11H15FS/c1-8-7-9(12)5-6-10(8)13-11(2,3)4/h5-7H,1-4H3. The van der Waals surface area contributed by atoms with E-state index in [4.69, 9.17) is 0 Å². The lowest BCUT2D eigenvalue weighted by Crippen LogP contribution is -2.07. The smallest absolute Gasteiger partial charge is 0.123 e. The molecule has 0 aliphatic carbocycles. The Hall–Kier alpha value is -0.500. The summed E-state index contributed by atoms with van der Waals surface area (Å²) < 4.78 is 13.0. The molecule has 0 N–H and O–H groups in total. The van der Waals surface area contributed by atoms with Gasteiger partial charge in [0.15, 0.2) is 0 Å². The monoisotopic (exact) mass is 198 g/mol. The zero-order valence-corrected chi connectivity index (χ0v) is 9.33. The van der Waals surface area contributed by atoms with E-state index >= 15 is 0 Å². The van der Waals surface area contributed by atoms with Crippen molar-refractivity contribution in [2.24, 2.45) is 0 Å². The maximum absolute atomic E-state index is 12.8. The average molecular weight is 198 g/mol. The number of benzene rings is 1. The minimum absolute atomic E-state index is 0.157. The number of halogens is 1. The molecule has 0 radical (unpaired) electrons. The van der Waals surface area contributed by atoms with Gasteiger partial charge in [-0.1, -0.05) is 20.8 Å². The Morgan fingerprint density at radius 2 is 1.85 bits per heavy atom. The van der Waals surface area contributed by atoms with Crippen LogP contribution < -0.4 is 0 Å². The third-order valence-electron chi connectivity index (χ3n) is 1.55. The highest BCUT2D eigenvalue weighted by molar-refractivity contribution is 8.00. The SMILES string of the molecule is Cc1cc(F)ccc1SC(C)(C)C. The van der Waals surface area contributed by atoms with Crippen LogP contribution in [0.2, 0.25) is 0 Å². The molecule has 13 heavy (non-hydrogen) atoms. The predicted molar refractivity (Wildman–Crippen MR) is 56.7 cm³/mol. The Morgan fingerprint density at radius 1 is 1.23 bits per heavy atom. The fourth-order valence-corrected chi connectivity index (χ4v) is 2.07. The fraction of sp³-hybridized carbons (Fsp3) is 0.455. The zero-order valence-electron chi connectivity index (χ0n) is 8.52. The molecule has 0 bridgehead atoms. The minimum Gasteiger partial charge on any atom is -0.207 e. The average Bonchev–Trinajstić information content (AvgIpc) is 1.93. The van der Waals surface area contributed by atoms with Gasteiger partial charge >= 0.3 is 0 Å². The summed E-state index contributed by atoms with van der Waals surface area (Å²) in [5.74, 6) is -0.157. The number of hydrogen-bond donors (Lipinski definition) is 0. The lowest BCUT2D eigenvalue weighted by Gasteiger charge is -2.18. The van der Waals surface area contributed by atoms with Crippen molar-refractivity contribution in [3.8, 4) is 0 Å². The molecule has 0 fully saturated rings. The summed E-state index contributed by atoms with van der Waals surface area (Å²) in [6.07, 6.45) is 0. The summed E-state index contributed by atoms with van der Waals surface area (Å²) in [6, 6.07) is 4.94. The highest BCUT2D eigenvalue weighted by atomic mass is 32.2. The van der Waals surface area contributed by atoms with Crippen LogP contribution in [0.15, 0.2) is 23.1 Å².